The van der Waals surface area contributed by atoms with Gasteiger partial charge < -0.3 is 0 Å². The van der Waals surface area contributed by atoms with E-state index in [-0.39, 0.29) is 5.78 Å². The highest BCUT2D eigenvalue weighted by Gasteiger charge is 2.02. The van der Waals surface area contributed by atoms with Crippen molar-refractivity contribution >= 4 is 5.78 Å². The molecule has 0 atom stereocenters. The van der Waals surface area contributed by atoms with Crippen LogP contribution in [-0.4, -0.2) is 10.8 Å². The van der Waals surface area contributed by atoms with Crippen LogP contribution in [0, 0.1) is 0 Å². The number of Topliss-reactive ketones (excluding diaryl/α,β-unsaturated/α-hetero) is 1. The van der Waals surface area contributed by atoms with Gasteiger partial charge in [0.05, 0.1) is 0 Å². The molecule has 0 N–H and O–H groups in total. The average molecular weight is 225 g/mol. The van der Waals surface area contributed by atoms with Crippen LogP contribution in [0.15, 0.2) is 48.8 Å². The Bertz CT molecular complexity index is 488. The summed E-state index contributed by atoms with van der Waals surface area (Å²) in [6, 6.07) is 11.8. The van der Waals surface area contributed by atoms with E-state index in [2.05, 4.69) is 11.1 Å². The van der Waals surface area contributed by atoms with Gasteiger partial charge in [-0.05, 0) is 23.6 Å². The molecule has 0 unspecified atom stereocenters. The van der Waals surface area contributed by atoms with Gasteiger partial charge in [0.15, 0.2) is 5.78 Å². The maximum absolute atomic E-state index is 11.5. The third-order valence-electron chi connectivity index (χ3n) is 2.73. The number of aromatic nitrogens is 1. The summed E-state index contributed by atoms with van der Waals surface area (Å²) in [5.41, 5.74) is 3.18. The molecule has 0 aliphatic carbocycles. The highest BCUT2D eigenvalue weighted by atomic mass is 16.1. The van der Waals surface area contributed by atoms with Crippen molar-refractivity contribution in [2.24, 2.45) is 0 Å². The van der Waals surface area contributed by atoms with Crippen LogP contribution in [0.3, 0.4) is 0 Å². The van der Waals surface area contributed by atoms with E-state index in [1.54, 1.807) is 6.20 Å². The van der Waals surface area contributed by atoms with E-state index < -0.39 is 0 Å². The van der Waals surface area contributed by atoms with Crippen LogP contribution >= 0.6 is 0 Å². The van der Waals surface area contributed by atoms with Gasteiger partial charge in [-0.15, -0.1) is 0 Å². The number of benzene rings is 1. The number of rotatable bonds is 4. The van der Waals surface area contributed by atoms with Crippen molar-refractivity contribution in [1.29, 1.82) is 0 Å². The van der Waals surface area contributed by atoms with E-state index >= 15 is 0 Å². The molecule has 17 heavy (non-hydrogen) atoms. The van der Waals surface area contributed by atoms with Gasteiger partial charge in [0.25, 0.3) is 0 Å². The standard InChI is InChI=1S/C15H15NO/c1-2-15(17)14-7-5-12(6-8-14)10-13-4-3-9-16-11-13/h3-9,11H,2,10H2,1H3. The van der Waals surface area contributed by atoms with Crippen molar-refractivity contribution < 1.29 is 4.79 Å². The lowest BCUT2D eigenvalue weighted by Crippen LogP contribution is -1.96. The van der Waals surface area contributed by atoms with Crippen LogP contribution in [0.4, 0.5) is 0 Å². The fourth-order valence-electron chi connectivity index (χ4n) is 1.75. The number of carbonyl (C=O) groups excluding carboxylic acids is 1. The molecule has 86 valence electrons. The number of carbonyl (C=O) groups is 1. The summed E-state index contributed by atoms with van der Waals surface area (Å²) in [4.78, 5) is 15.6. The number of nitrogens with zero attached hydrogens (tertiary/aromatic N) is 1. The minimum absolute atomic E-state index is 0.193. The lowest BCUT2D eigenvalue weighted by Gasteiger charge is -2.03. The highest BCUT2D eigenvalue weighted by Crippen LogP contribution is 2.11. The number of ketones is 1. The maximum Gasteiger partial charge on any atom is 0.162 e. The topological polar surface area (TPSA) is 30.0 Å². The average Bonchev–Trinajstić information content (AvgIpc) is 2.40. The molecule has 0 spiro atoms. The number of hydrogen-bond acceptors (Lipinski definition) is 2. The van der Waals surface area contributed by atoms with Crippen LogP contribution in [-0.2, 0) is 6.42 Å². The first kappa shape index (κ1) is 11.5. The van der Waals surface area contributed by atoms with E-state index in [1.165, 1.54) is 11.1 Å². The first-order chi connectivity index (χ1) is 8.29. The molecule has 2 heteroatoms. The SMILES string of the molecule is CCC(=O)c1ccc(Cc2cccnc2)cc1. The van der Waals surface area contributed by atoms with Crippen molar-refractivity contribution in [2.75, 3.05) is 0 Å². The van der Waals surface area contributed by atoms with Crippen LogP contribution in [0.1, 0.15) is 34.8 Å². The fourth-order valence-corrected chi connectivity index (χ4v) is 1.75. The Morgan fingerprint density at radius 2 is 1.88 bits per heavy atom. The molecule has 0 bridgehead atoms. The van der Waals surface area contributed by atoms with Crippen molar-refractivity contribution in [1.82, 2.24) is 4.98 Å². The van der Waals surface area contributed by atoms with Crippen molar-refractivity contribution in [2.45, 2.75) is 19.8 Å². The van der Waals surface area contributed by atoms with Gasteiger partial charge >= 0.3 is 0 Å². The van der Waals surface area contributed by atoms with Crippen LogP contribution in [0.25, 0.3) is 0 Å². The largest absolute Gasteiger partial charge is 0.294 e. The Balaban J connectivity index is 2.11. The van der Waals surface area contributed by atoms with Crippen molar-refractivity contribution in [3.8, 4) is 0 Å². The molecule has 0 saturated heterocycles. The molecule has 2 nitrogen and oxygen atoms in total. The van der Waals surface area contributed by atoms with E-state index in [0.717, 1.165) is 12.0 Å². The summed E-state index contributed by atoms with van der Waals surface area (Å²) in [7, 11) is 0. The lowest BCUT2D eigenvalue weighted by atomic mass is 10.0. The normalized spacial score (nSPS) is 10.2. The number of pyridine rings is 1. The van der Waals surface area contributed by atoms with E-state index in [0.29, 0.717) is 6.42 Å². The molecule has 0 saturated carbocycles. The summed E-state index contributed by atoms with van der Waals surface area (Å²) in [6.45, 7) is 1.88. The maximum atomic E-state index is 11.5. The van der Waals surface area contributed by atoms with Crippen LogP contribution in [0.2, 0.25) is 0 Å². The highest BCUT2D eigenvalue weighted by molar-refractivity contribution is 5.95. The molecule has 1 heterocycles. The minimum atomic E-state index is 0.193. The van der Waals surface area contributed by atoms with Gasteiger partial charge in [-0.25, -0.2) is 0 Å². The second-order valence-electron chi connectivity index (χ2n) is 4.01. The Morgan fingerprint density at radius 3 is 2.47 bits per heavy atom. The van der Waals surface area contributed by atoms with Gasteiger partial charge in [-0.2, -0.15) is 0 Å². The second kappa shape index (κ2) is 5.39. The molecule has 0 fully saturated rings. The molecule has 1 aromatic carbocycles. The Labute approximate surface area is 101 Å². The van der Waals surface area contributed by atoms with E-state index in [4.69, 9.17) is 0 Å². The van der Waals surface area contributed by atoms with Crippen LogP contribution < -0.4 is 0 Å². The Kier molecular flexibility index (Phi) is 3.66. The molecular weight excluding hydrogens is 210 g/mol. The molecule has 0 radical (unpaired) electrons. The molecule has 2 rings (SSSR count). The van der Waals surface area contributed by atoms with Gasteiger partial charge in [0.2, 0.25) is 0 Å². The molecule has 1 aromatic heterocycles. The quantitative estimate of drug-likeness (QED) is 0.747. The van der Waals surface area contributed by atoms with Gasteiger partial charge in [0.1, 0.15) is 0 Å². The first-order valence-corrected chi connectivity index (χ1v) is 5.80. The zero-order valence-corrected chi connectivity index (χ0v) is 9.89. The van der Waals surface area contributed by atoms with Gasteiger partial charge in [-0.3, -0.25) is 9.78 Å². The third-order valence-corrected chi connectivity index (χ3v) is 2.73. The van der Waals surface area contributed by atoms with Gasteiger partial charge in [0, 0.05) is 24.4 Å². The van der Waals surface area contributed by atoms with E-state index in [1.807, 2.05) is 43.5 Å². The Morgan fingerprint density at radius 1 is 1.12 bits per heavy atom. The van der Waals surface area contributed by atoms with E-state index in [9.17, 15) is 4.79 Å². The fraction of sp³-hybridized carbons (Fsp3) is 0.200. The Hall–Kier alpha value is -1.96. The summed E-state index contributed by atoms with van der Waals surface area (Å²) >= 11 is 0. The monoisotopic (exact) mass is 225 g/mol. The summed E-state index contributed by atoms with van der Waals surface area (Å²) < 4.78 is 0. The first-order valence-electron chi connectivity index (χ1n) is 5.80. The smallest absolute Gasteiger partial charge is 0.162 e. The zero-order chi connectivity index (χ0) is 12.1. The summed E-state index contributed by atoms with van der Waals surface area (Å²) in [5.74, 6) is 0.193. The molecule has 0 aliphatic rings. The molecular formula is C15H15NO. The predicted octanol–water partition coefficient (Wildman–Crippen LogP) is 3.27. The third kappa shape index (κ3) is 3.00. The van der Waals surface area contributed by atoms with Crippen LogP contribution in [0.5, 0.6) is 0 Å². The summed E-state index contributed by atoms with van der Waals surface area (Å²) in [5, 5.41) is 0. The molecule has 0 amide bonds. The number of hydrogen-bond donors (Lipinski definition) is 0. The van der Waals surface area contributed by atoms with Crippen molar-refractivity contribution in [3.05, 3.63) is 65.5 Å². The lowest BCUT2D eigenvalue weighted by molar-refractivity contribution is 0.0988. The minimum Gasteiger partial charge on any atom is -0.294 e. The molecule has 2 aromatic rings. The molecule has 0 aliphatic heterocycles. The zero-order valence-electron chi connectivity index (χ0n) is 9.89. The van der Waals surface area contributed by atoms with Gasteiger partial charge in [-0.1, -0.05) is 37.3 Å². The predicted molar refractivity (Wildman–Crippen MR) is 68.1 cm³/mol. The van der Waals surface area contributed by atoms with Crippen molar-refractivity contribution in [3.63, 3.8) is 0 Å². The second-order valence-corrected chi connectivity index (χ2v) is 4.01. The summed E-state index contributed by atoms with van der Waals surface area (Å²) in [6.07, 6.45) is 5.05.